The average Bonchev–Trinajstić information content (AvgIpc) is 2.48. The van der Waals surface area contributed by atoms with Gasteiger partial charge in [-0.15, -0.1) is 0 Å². The van der Waals surface area contributed by atoms with Crippen LogP contribution in [0.3, 0.4) is 0 Å². The fraction of sp³-hybridized carbons (Fsp3) is 0.786. The van der Waals surface area contributed by atoms with E-state index in [0.717, 1.165) is 6.92 Å². The Morgan fingerprint density at radius 1 is 1.15 bits per heavy atom. The van der Waals surface area contributed by atoms with E-state index < -0.39 is 58.1 Å². The van der Waals surface area contributed by atoms with E-state index in [0.29, 0.717) is 0 Å². The summed E-state index contributed by atoms with van der Waals surface area (Å²) in [6, 6.07) is 0. The van der Waals surface area contributed by atoms with Gasteiger partial charge in [-0.2, -0.15) is 0 Å². The zero-order chi connectivity index (χ0) is 19.9. The van der Waals surface area contributed by atoms with Crippen molar-refractivity contribution >= 4 is 52.6 Å². The number of alkyl halides is 3. The molecule has 2 aliphatic rings. The smallest absolute Gasteiger partial charge is 0.303 e. The van der Waals surface area contributed by atoms with Crippen molar-refractivity contribution in [3.63, 3.8) is 0 Å². The van der Waals surface area contributed by atoms with Crippen molar-refractivity contribution in [3.8, 4) is 0 Å². The summed E-state index contributed by atoms with van der Waals surface area (Å²) in [6.45, 7) is 3.89. The molecular formula is C14H18Cl3NO8. The van der Waals surface area contributed by atoms with Crippen molar-refractivity contribution in [1.82, 2.24) is 5.32 Å². The number of carbonyl (C=O) groups excluding carboxylic acids is 3. The molecule has 2 heterocycles. The van der Waals surface area contributed by atoms with Gasteiger partial charge in [0, 0.05) is 21.0 Å². The van der Waals surface area contributed by atoms with Gasteiger partial charge in [0.1, 0.15) is 5.92 Å². The molecule has 0 aromatic carbocycles. The number of hydrogen-bond acceptors (Lipinski definition) is 8. The highest BCUT2D eigenvalue weighted by Gasteiger charge is 2.64. The molecular weight excluding hydrogens is 417 g/mol. The van der Waals surface area contributed by atoms with E-state index in [4.69, 9.17) is 58.5 Å². The number of esters is 2. The topological polar surface area (TPSA) is 109 Å². The number of nitrogens with one attached hydrogen (secondary N) is 1. The largest absolute Gasteiger partial charge is 0.457 e. The maximum Gasteiger partial charge on any atom is 0.303 e. The number of rotatable bonds is 3. The fourth-order valence-electron chi connectivity index (χ4n) is 2.85. The van der Waals surface area contributed by atoms with E-state index in [1.54, 1.807) is 6.92 Å². The molecule has 0 spiro atoms. The second-order valence-corrected chi connectivity index (χ2v) is 8.09. The summed E-state index contributed by atoms with van der Waals surface area (Å²) in [7, 11) is 1.17. The molecule has 0 bridgehead atoms. The van der Waals surface area contributed by atoms with Crippen molar-refractivity contribution in [2.45, 2.75) is 55.1 Å². The van der Waals surface area contributed by atoms with Crippen LogP contribution in [0.1, 0.15) is 20.8 Å². The summed E-state index contributed by atoms with van der Waals surface area (Å²) in [5.41, 5.74) is 0. The zero-order valence-corrected chi connectivity index (χ0v) is 16.6. The molecule has 2 rings (SSSR count). The lowest BCUT2D eigenvalue weighted by molar-refractivity contribution is -0.370. The molecule has 6 atom stereocenters. The van der Waals surface area contributed by atoms with Gasteiger partial charge in [0.15, 0.2) is 18.5 Å². The van der Waals surface area contributed by atoms with Crippen LogP contribution in [-0.4, -0.2) is 59.3 Å². The molecule has 1 N–H and O–H groups in total. The number of amides is 1. The van der Waals surface area contributed by atoms with Gasteiger partial charge in [-0.25, -0.2) is 0 Å². The van der Waals surface area contributed by atoms with Gasteiger partial charge in [-0.1, -0.05) is 34.8 Å². The maximum absolute atomic E-state index is 12.7. The molecule has 2 aliphatic heterocycles. The Labute approximate surface area is 164 Å². The number of fused-ring (bicyclic) bond motifs is 1. The van der Waals surface area contributed by atoms with Crippen molar-refractivity contribution in [3.05, 3.63) is 0 Å². The first-order valence-corrected chi connectivity index (χ1v) is 8.67. The minimum atomic E-state index is -2.20. The highest BCUT2D eigenvalue weighted by molar-refractivity contribution is 6.68. The van der Waals surface area contributed by atoms with Crippen molar-refractivity contribution in [2.75, 3.05) is 7.11 Å². The summed E-state index contributed by atoms with van der Waals surface area (Å²) in [5.74, 6) is -5.35. The normalized spacial score (nSPS) is 37.3. The Balaban J connectivity index is 2.40. The summed E-state index contributed by atoms with van der Waals surface area (Å²) >= 11 is 17.6. The first kappa shape index (κ1) is 21.5. The van der Waals surface area contributed by atoms with Crippen LogP contribution in [0, 0.1) is 5.92 Å². The highest BCUT2D eigenvalue weighted by Crippen LogP contribution is 2.45. The molecule has 2 saturated heterocycles. The summed E-state index contributed by atoms with van der Waals surface area (Å²) in [6.07, 6.45) is -4.28. The molecule has 0 aromatic heterocycles. The molecule has 0 unspecified atom stereocenters. The SMILES string of the molecule is CO[C@]1(C(Cl)(Cl)Cl)NC(=O)[C@@H]2[C@@H](O[C@@H](C)[C@H](OC(C)=O)[C@H]2OC(C)=O)O1. The lowest BCUT2D eigenvalue weighted by Crippen LogP contribution is -2.73. The van der Waals surface area contributed by atoms with Crippen LogP contribution in [0.2, 0.25) is 0 Å². The molecule has 26 heavy (non-hydrogen) atoms. The van der Waals surface area contributed by atoms with Crippen molar-refractivity contribution in [1.29, 1.82) is 0 Å². The molecule has 2 fully saturated rings. The van der Waals surface area contributed by atoms with E-state index >= 15 is 0 Å². The summed E-state index contributed by atoms with van der Waals surface area (Å²) in [5, 5.41) is 2.32. The van der Waals surface area contributed by atoms with E-state index in [1.165, 1.54) is 14.0 Å². The van der Waals surface area contributed by atoms with Gasteiger partial charge in [0.05, 0.1) is 6.10 Å². The molecule has 148 valence electrons. The number of carbonyl (C=O) groups is 3. The van der Waals surface area contributed by atoms with Gasteiger partial charge in [-0.05, 0) is 6.92 Å². The predicted octanol–water partition coefficient (Wildman–Crippen LogP) is 1.03. The van der Waals surface area contributed by atoms with Crippen molar-refractivity contribution in [2.24, 2.45) is 5.92 Å². The minimum Gasteiger partial charge on any atom is -0.457 e. The standard InChI is InChI=1S/C14H18Cl3NO8/c1-5-9(24-6(2)19)10(25-7(3)20)8-11(21)18-14(22-4,13(15,16)17)26-12(8)23-5/h5,8-10,12H,1-4H3,(H,18,21)/t5-,8+,9-,10-,12-,14-/m0/s1. The zero-order valence-electron chi connectivity index (χ0n) is 14.3. The third kappa shape index (κ3) is 4.02. The number of halogens is 3. The van der Waals surface area contributed by atoms with Crippen LogP contribution < -0.4 is 5.32 Å². The van der Waals surface area contributed by atoms with Crippen LogP contribution in [0.15, 0.2) is 0 Å². The number of hydrogen-bond donors (Lipinski definition) is 1. The predicted molar refractivity (Wildman–Crippen MR) is 88.2 cm³/mol. The minimum absolute atomic E-state index is 0.634. The lowest BCUT2D eigenvalue weighted by atomic mass is 9.89. The number of methoxy groups -OCH3 is 1. The summed E-state index contributed by atoms with van der Waals surface area (Å²) in [4.78, 5) is 35.6. The van der Waals surface area contributed by atoms with Gasteiger partial charge < -0.3 is 24.3 Å². The maximum atomic E-state index is 12.7. The number of ether oxygens (including phenoxy) is 5. The van der Waals surface area contributed by atoms with Gasteiger partial charge in [-0.3, -0.25) is 19.1 Å². The van der Waals surface area contributed by atoms with Crippen LogP contribution in [0.4, 0.5) is 0 Å². The molecule has 0 aliphatic carbocycles. The third-order valence-corrected chi connectivity index (χ3v) is 4.67. The Morgan fingerprint density at radius 3 is 2.15 bits per heavy atom. The molecule has 1 amide bonds. The van der Waals surface area contributed by atoms with Crippen LogP contribution in [-0.2, 0) is 38.1 Å². The monoisotopic (exact) mass is 433 g/mol. The second-order valence-electron chi connectivity index (χ2n) is 5.81. The summed E-state index contributed by atoms with van der Waals surface area (Å²) < 4.78 is 24.5. The fourth-order valence-corrected chi connectivity index (χ4v) is 3.36. The highest BCUT2D eigenvalue weighted by atomic mass is 35.6. The molecule has 12 heteroatoms. The van der Waals surface area contributed by atoms with E-state index in [2.05, 4.69) is 5.32 Å². The quantitative estimate of drug-likeness (QED) is 0.518. The van der Waals surface area contributed by atoms with E-state index in [-0.39, 0.29) is 0 Å². The Hall–Kier alpha value is -0.840. The van der Waals surface area contributed by atoms with E-state index in [9.17, 15) is 14.4 Å². The Bertz CT molecular complexity index is 597. The van der Waals surface area contributed by atoms with E-state index in [1.807, 2.05) is 0 Å². The molecule has 0 radical (unpaired) electrons. The van der Waals surface area contributed by atoms with Crippen LogP contribution in [0.5, 0.6) is 0 Å². The second kappa shape index (κ2) is 7.65. The van der Waals surface area contributed by atoms with Crippen LogP contribution >= 0.6 is 34.8 Å². The van der Waals surface area contributed by atoms with Crippen molar-refractivity contribution < 1.29 is 38.1 Å². The average molecular weight is 435 g/mol. The van der Waals surface area contributed by atoms with Gasteiger partial charge in [0.25, 0.3) is 3.79 Å². The molecule has 0 saturated carbocycles. The first-order chi connectivity index (χ1) is 11.9. The Morgan fingerprint density at radius 2 is 1.69 bits per heavy atom. The lowest BCUT2D eigenvalue weighted by Gasteiger charge is -2.51. The Kier molecular flexibility index (Phi) is 6.31. The molecule has 0 aromatic rings. The first-order valence-electron chi connectivity index (χ1n) is 7.53. The van der Waals surface area contributed by atoms with Gasteiger partial charge in [0.2, 0.25) is 5.91 Å². The van der Waals surface area contributed by atoms with Gasteiger partial charge >= 0.3 is 17.8 Å². The van der Waals surface area contributed by atoms with Crippen LogP contribution in [0.25, 0.3) is 0 Å². The molecule has 9 nitrogen and oxygen atoms in total. The third-order valence-electron chi connectivity index (χ3n) is 3.92.